The van der Waals surface area contributed by atoms with E-state index in [4.69, 9.17) is 0 Å². The van der Waals surface area contributed by atoms with Gasteiger partial charge in [0, 0.05) is 23.7 Å². The Hall–Kier alpha value is -0.470. The molecule has 88 valence electrons. The Kier molecular flexibility index (Phi) is 2.97. The van der Waals surface area contributed by atoms with Crippen molar-refractivity contribution in [1.29, 1.82) is 0 Å². The molecule has 0 radical (unpaired) electrons. The van der Waals surface area contributed by atoms with E-state index in [2.05, 4.69) is 0 Å². The van der Waals surface area contributed by atoms with Crippen molar-refractivity contribution in [3.8, 4) is 0 Å². The zero-order valence-corrected chi connectivity index (χ0v) is 9.99. The van der Waals surface area contributed by atoms with Crippen molar-refractivity contribution < 1.29 is 13.6 Å². The number of hydrogen-bond acceptors (Lipinski definition) is 1. The molecule has 0 amide bonds. The third kappa shape index (κ3) is 2.76. The van der Waals surface area contributed by atoms with Crippen molar-refractivity contribution >= 4 is 5.78 Å². The molecule has 1 fully saturated rings. The minimum absolute atomic E-state index is 0.116. The Morgan fingerprint density at radius 3 is 1.80 bits per heavy atom. The number of Topliss-reactive ketones (excluding diaryl/α,β-unsaturated/α-hetero) is 1. The van der Waals surface area contributed by atoms with Crippen molar-refractivity contribution in [2.45, 2.75) is 59.3 Å². The maximum atomic E-state index is 13.0. The van der Waals surface area contributed by atoms with Gasteiger partial charge in [-0.05, 0) is 12.8 Å². The van der Waals surface area contributed by atoms with Gasteiger partial charge in [-0.2, -0.15) is 0 Å². The Balaban J connectivity index is 2.75. The lowest BCUT2D eigenvalue weighted by atomic mass is 9.65. The number of carbonyl (C=O) groups is 1. The lowest BCUT2D eigenvalue weighted by molar-refractivity contribution is -0.143. The third-order valence-electron chi connectivity index (χ3n) is 3.31. The lowest BCUT2D eigenvalue weighted by Crippen LogP contribution is -2.42. The van der Waals surface area contributed by atoms with Crippen LogP contribution in [0.2, 0.25) is 0 Å². The molecule has 0 atom stereocenters. The molecule has 0 aromatic rings. The number of alkyl halides is 2. The summed E-state index contributed by atoms with van der Waals surface area (Å²) in [5.41, 5.74) is -0.971. The predicted molar refractivity (Wildman–Crippen MR) is 56.0 cm³/mol. The highest BCUT2D eigenvalue weighted by Gasteiger charge is 2.47. The lowest BCUT2D eigenvalue weighted by Gasteiger charge is -2.39. The van der Waals surface area contributed by atoms with Crippen LogP contribution in [0.15, 0.2) is 0 Å². The van der Waals surface area contributed by atoms with Gasteiger partial charge in [0.1, 0.15) is 5.78 Å². The van der Waals surface area contributed by atoms with E-state index in [1.54, 1.807) is 0 Å². The fourth-order valence-electron chi connectivity index (χ4n) is 2.30. The topological polar surface area (TPSA) is 17.1 Å². The van der Waals surface area contributed by atoms with Gasteiger partial charge in [-0.25, -0.2) is 8.78 Å². The highest BCUT2D eigenvalue weighted by Crippen LogP contribution is 2.46. The standard InChI is InChI=1S/C12H20F2O/c1-10(2,3)9(15)11(4)5-7-12(13,14)8-6-11/h5-8H2,1-4H3. The van der Waals surface area contributed by atoms with E-state index in [1.165, 1.54) is 0 Å². The normalized spacial score (nSPS) is 24.9. The molecule has 1 rings (SSSR count). The summed E-state index contributed by atoms with van der Waals surface area (Å²) in [6, 6.07) is 0. The molecule has 0 aromatic heterocycles. The molecule has 0 heterocycles. The number of hydrogen-bond donors (Lipinski definition) is 0. The minimum Gasteiger partial charge on any atom is -0.299 e. The van der Waals surface area contributed by atoms with E-state index in [0.717, 1.165) is 0 Å². The van der Waals surface area contributed by atoms with E-state index in [0.29, 0.717) is 12.8 Å². The van der Waals surface area contributed by atoms with Gasteiger partial charge < -0.3 is 0 Å². The molecule has 0 spiro atoms. The fourth-order valence-corrected chi connectivity index (χ4v) is 2.30. The second kappa shape index (κ2) is 3.53. The second-order valence-corrected chi connectivity index (χ2v) is 6.00. The summed E-state index contributed by atoms with van der Waals surface area (Å²) in [4.78, 5) is 12.1. The summed E-state index contributed by atoms with van der Waals surface area (Å²) in [7, 11) is 0. The number of carbonyl (C=O) groups excluding carboxylic acids is 1. The average Bonchev–Trinajstić information content (AvgIpc) is 2.08. The summed E-state index contributed by atoms with van der Waals surface area (Å²) in [5, 5.41) is 0. The largest absolute Gasteiger partial charge is 0.299 e. The van der Waals surface area contributed by atoms with Crippen LogP contribution in [0, 0.1) is 10.8 Å². The molecule has 1 saturated carbocycles. The Morgan fingerprint density at radius 1 is 1.07 bits per heavy atom. The highest BCUT2D eigenvalue weighted by molar-refractivity contribution is 5.89. The molecule has 0 N–H and O–H groups in total. The van der Waals surface area contributed by atoms with E-state index in [9.17, 15) is 13.6 Å². The van der Waals surface area contributed by atoms with Crippen molar-refractivity contribution in [1.82, 2.24) is 0 Å². The molecule has 1 aliphatic rings. The summed E-state index contributed by atoms with van der Waals surface area (Å²) < 4.78 is 26.0. The Bertz CT molecular complexity index is 253. The van der Waals surface area contributed by atoms with E-state index in [-0.39, 0.29) is 18.6 Å². The summed E-state index contributed by atoms with van der Waals surface area (Å²) in [6.07, 6.45) is 0.336. The van der Waals surface area contributed by atoms with Crippen molar-refractivity contribution in [2.24, 2.45) is 10.8 Å². The summed E-state index contributed by atoms with van der Waals surface area (Å²) in [6.45, 7) is 7.39. The first-order valence-corrected chi connectivity index (χ1v) is 5.50. The van der Waals surface area contributed by atoms with Gasteiger partial charge in [-0.15, -0.1) is 0 Å². The van der Waals surface area contributed by atoms with Crippen LogP contribution in [0.5, 0.6) is 0 Å². The molecule has 0 unspecified atom stereocenters. The Morgan fingerprint density at radius 2 is 1.47 bits per heavy atom. The first-order valence-electron chi connectivity index (χ1n) is 5.50. The maximum Gasteiger partial charge on any atom is 0.248 e. The van der Waals surface area contributed by atoms with Gasteiger partial charge in [0.2, 0.25) is 5.92 Å². The van der Waals surface area contributed by atoms with Crippen LogP contribution in [-0.2, 0) is 4.79 Å². The summed E-state index contributed by atoms with van der Waals surface area (Å²) in [5.74, 6) is -2.44. The van der Waals surface area contributed by atoms with Gasteiger partial charge in [-0.3, -0.25) is 4.79 Å². The van der Waals surface area contributed by atoms with Crippen molar-refractivity contribution in [3.05, 3.63) is 0 Å². The zero-order valence-electron chi connectivity index (χ0n) is 9.99. The van der Waals surface area contributed by atoms with Crippen LogP contribution in [-0.4, -0.2) is 11.7 Å². The number of ketones is 1. The molecule has 15 heavy (non-hydrogen) atoms. The van der Waals surface area contributed by atoms with E-state index >= 15 is 0 Å². The van der Waals surface area contributed by atoms with Gasteiger partial charge in [-0.1, -0.05) is 27.7 Å². The molecule has 1 nitrogen and oxygen atoms in total. The van der Waals surface area contributed by atoms with Gasteiger partial charge >= 0.3 is 0 Å². The van der Waals surface area contributed by atoms with Crippen LogP contribution in [0.1, 0.15) is 53.4 Å². The van der Waals surface area contributed by atoms with Gasteiger partial charge in [0.05, 0.1) is 0 Å². The monoisotopic (exact) mass is 218 g/mol. The molecule has 0 saturated heterocycles. The maximum absolute atomic E-state index is 13.0. The average molecular weight is 218 g/mol. The van der Waals surface area contributed by atoms with Crippen molar-refractivity contribution in [2.75, 3.05) is 0 Å². The van der Waals surface area contributed by atoms with Crippen LogP contribution in [0.25, 0.3) is 0 Å². The molecular weight excluding hydrogens is 198 g/mol. The predicted octanol–water partition coefficient (Wildman–Crippen LogP) is 3.82. The molecule has 0 bridgehead atoms. The SMILES string of the molecule is CC(C)(C)C(=O)C1(C)CCC(F)(F)CC1. The third-order valence-corrected chi connectivity index (χ3v) is 3.31. The fraction of sp³-hybridized carbons (Fsp3) is 0.917. The molecule has 0 aromatic carbocycles. The van der Waals surface area contributed by atoms with Gasteiger partial charge in [0.25, 0.3) is 0 Å². The van der Waals surface area contributed by atoms with Crippen LogP contribution < -0.4 is 0 Å². The summed E-state index contributed by atoms with van der Waals surface area (Å²) >= 11 is 0. The number of halogens is 2. The van der Waals surface area contributed by atoms with Crippen molar-refractivity contribution in [3.63, 3.8) is 0 Å². The van der Waals surface area contributed by atoms with Crippen LogP contribution >= 0.6 is 0 Å². The van der Waals surface area contributed by atoms with Gasteiger partial charge in [0.15, 0.2) is 0 Å². The second-order valence-electron chi connectivity index (χ2n) is 6.00. The quantitative estimate of drug-likeness (QED) is 0.654. The zero-order chi connectivity index (χ0) is 11.9. The highest BCUT2D eigenvalue weighted by atomic mass is 19.3. The molecule has 1 aliphatic carbocycles. The Labute approximate surface area is 90.2 Å². The first-order chi connectivity index (χ1) is 6.57. The van der Waals surface area contributed by atoms with E-state index < -0.39 is 16.8 Å². The minimum atomic E-state index is -2.56. The first kappa shape index (κ1) is 12.6. The smallest absolute Gasteiger partial charge is 0.248 e. The molecule has 3 heteroatoms. The molecule has 0 aliphatic heterocycles. The molecular formula is C12H20F2O. The van der Waals surface area contributed by atoms with E-state index in [1.807, 2.05) is 27.7 Å². The number of rotatable bonds is 1. The van der Waals surface area contributed by atoms with Crippen LogP contribution in [0.4, 0.5) is 8.78 Å². The van der Waals surface area contributed by atoms with Crippen LogP contribution in [0.3, 0.4) is 0 Å².